The second kappa shape index (κ2) is 16.5. The highest BCUT2D eigenvalue weighted by atomic mass is 16.5. The van der Waals surface area contributed by atoms with Crippen molar-refractivity contribution in [1.29, 1.82) is 0 Å². The molecule has 4 nitrogen and oxygen atoms in total. The molecule has 3 aromatic carbocycles. The zero-order valence-electron chi connectivity index (χ0n) is 27.6. The zero-order valence-corrected chi connectivity index (χ0v) is 27.6. The molecule has 236 valence electrons. The number of unbranched alkanes of at least 4 members (excludes halogenated alkanes) is 4. The number of ether oxygens (including phenoxy) is 3. The van der Waals surface area contributed by atoms with Gasteiger partial charge in [0.25, 0.3) is 0 Å². The summed E-state index contributed by atoms with van der Waals surface area (Å²) in [5, 5.41) is 0. The van der Waals surface area contributed by atoms with Crippen molar-refractivity contribution in [3.05, 3.63) is 101 Å². The molecule has 0 radical (unpaired) electrons. The smallest absolute Gasteiger partial charge is 0.315 e. The molecule has 44 heavy (non-hydrogen) atoms. The van der Waals surface area contributed by atoms with Crippen LogP contribution in [0.1, 0.15) is 108 Å². The molecule has 0 aromatic heterocycles. The minimum atomic E-state index is -0.753. The first-order valence-corrected chi connectivity index (χ1v) is 16.7. The van der Waals surface area contributed by atoms with E-state index in [9.17, 15) is 4.79 Å². The van der Waals surface area contributed by atoms with Crippen molar-refractivity contribution in [2.75, 3.05) is 6.61 Å². The molecule has 0 spiro atoms. The van der Waals surface area contributed by atoms with Gasteiger partial charge in [0.1, 0.15) is 24.7 Å². The molecule has 1 unspecified atom stereocenters. The third-order valence-corrected chi connectivity index (χ3v) is 8.82. The zero-order chi connectivity index (χ0) is 31.4. The number of hydrogen-bond donors (Lipinski definition) is 0. The van der Waals surface area contributed by atoms with Crippen molar-refractivity contribution in [2.45, 2.75) is 106 Å². The Morgan fingerprint density at radius 2 is 1.36 bits per heavy atom. The minimum absolute atomic E-state index is 0.177. The number of carbonyl (C=O) groups is 1. The maximum atomic E-state index is 13.3. The molecular weight excluding hydrogens is 544 g/mol. The van der Waals surface area contributed by atoms with Crippen molar-refractivity contribution in [3.63, 3.8) is 0 Å². The second-order valence-corrected chi connectivity index (χ2v) is 12.8. The number of benzene rings is 3. The van der Waals surface area contributed by atoms with Crippen LogP contribution in [0.25, 0.3) is 5.57 Å². The number of esters is 1. The Bertz CT molecular complexity index is 1290. The number of hydrogen-bond acceptors (Lipinski definition) is 4. The lowest BCUT2D eigenvalue weighted by atomic mass is 9.71. The fourth-order valence-electron chi connectivity index (χ4n) is 6.21. The van der Waals surface area contributed by atoms with Gasteiger partial charge in [-0.3, -0.25) is 4.79 Å². The van der Waals surface area contributed by atoms with Crippen LogP contribution in [0.2, 0.25) is 0 Å². The van der Waals surface area contributed by atoms with Gasteiger partial charge in [-0.1, -0.05) is 100 Å². The van der Waals surface area contributed by atoms with E-state index in [-0.39, 0.29) is 5.97 Å². The highest BCUT2D eigenvalue weighted by Crippen LogP contribution is 2.49. The van der Waals surface area contributed by atoms with Gasteiger partial charge in [-0.15, -0.1) is 0 Å². The molecule has 4 heteroatoms. The average molecular weight is 597 g/mol. The van der Waals surface area contributed by atoms with Crippen LogP contribution >= 0.6 is 0 Å². The Balaban J connectivity index is 1.84. The van der Waals surface area contributed by atoms with Crippen LogP contribution in [0.4, 0.5) is 0 Å². The van der Waals surface area contributed by atoms with Gasteiger partial charge in [0.05, 0.1) is 17.6 Å². The van der Waals surface area contributed by atoms with Gasteiger partial charge in [0.15, 0.2) is 0 Å². The summed E-state index contributed by atoms with van der Waals surface area (Å²) >= 11 is 0. The normalized spacial score (nSPS) is 15.2. The predicted molar refractivity (Wildman–Crippen MR) is 181 cm³/mol. The Hall–Kier alpha value is -3.53. The largest absolute Gasteiger partial charge is 0.488 e. The molecule has 0 heterocycles. The van der Waals surface area contributed by atoms with E-state index < -0.39 is 5.41 Å². The average Bonchev–Trinajstić information content (AvgIpc) is 3.03. The molecule has 1 aliphatic rings. The maximum absolute atomic E-state index is 13.3. The summed E-state index contributed by atoms with van der Waals surface area (Å²) in [4.78, 5) is 13.3. The lowest BCUT2D eigenvalue weighted by molar-refractivity contribution is -0.151. The molecule has 0 saturated carbocycles. The van der Waals surface area contributed by atoms with Crippen molar-refractivity contribution in [2.24, 2.45) is 11.3 Å². The van der Waals surface area contributed by atoms with Crippen LogP contribution in [0.3, 0.4) is 0 Å². The number of carbonyl (C=O) groups excluding carboxylic acids is 1. The molecule has 0 aliphatic heterocycles. The molecule has 3 aromatic rings. The summed E-state index contributed by atoms with van der Waals surface area (Å²) in [5.41, 5.74) is 6.01. The van der Waals surface area contributed by atoms with E-state index in [1.807, 2.05) is 57.2 Å². The number of aryl methyl sites for hydroxylation is 1. The van der Waals surface area contributed by atoms with E-state index in [4.69, 9.17) is 14.2 Å². The Labute approximate surface area is 265 Å². The van der Waals surface area contributed by atoms with Crippen LogP contribution < -0.4 is 9.47 Å². The summed E-state index contributed by atoms with van der Waals surface area (Å²) in [6, 6.07) is 25.1. The van der Waals surface area contributed by atoms with Crippen LogP contribution in [0.5, 0.6) is 11.5 Å². The van der Waals surface area contributed by atoms with Gasteiger partial charge < -0.3 is 14.2 Å². The monoisotopic (exact) mass is 596 g/mol. The summed E-state index contributed by atoms with van der Waals surface area (Å²) in [5.74, 6) is 1.98. The van der Waals surface area contributed by atoms with Crippen LogP contribution in [-0.4, -0.2) is 12.6 Å². The topological polar surface area (TPSA) is 44.8 Å². The standard InChI is InChI=1S/C40H52O4/c1-6-8-9-10-13-22-33-26-36(43-28-31-18-14-11-15-19-31)38(37(27-33)44-29-32-20-16-12-17-21-32)34-25-30(3)23-24-35(34)40(4,5)39(41)42-7-2/h11-12,14-21,26-27,30H,6-10,13,22-25,28-29H2,1-5H3. The lowest BCUT2D eigenvalue weighted by Gasteiger charge is -2.35. The molecule has 4 rings (SSSR count). The predicted octanol–water partition coefficient (Wildman–Crippen LogP) is 10.5. The molecule has 0 amide bonds. The van der Waals surface area contributed by atoms with Crippen molar-refractivity contribution < 1.29 is 19.0 Å². The van der Waals surface area contributed by atoms with Crippen LogP contribution in [0.15, 0.2) is 78.4 Å². The molecule has 0 fully saturated rings. The fraction of sp³-hybridized carbons (Fsp3) is 0.475. The first-order chi connectivity index (χ1) is 21.3. The van der Waals surface area contributed by atoms with E-state index in [0.717, 1.165) is 65.9 Å². The third kappa shape index (κ3) is 9.00. The first-order valence-electron chi connectivity index (χ1n) is 16.7. The molecule has 0 N–H and O–H groups in total. The Kier molecular flexibility index (Phi) is 12.5. The van der Waals surface area contributed by atoms with Gasteiger partial charge in [0, 0.05) is 0 Å². The fourth-order valence-corrected chi connectivity index (χ4v) is 6.21. The Morgan fingerprint density at radius 3 is 1.91 bits per heavy atom. The van der Waals surface area contributed by atoms with Gasteiger partial charge in [0.2, 0.25) is 0 Å². The van der Waals surface area contributed by atoms with E-state index in [1.165, 1.54) is 36.8 Å². The van der Waals surface area contributed by atoms with Crippen LogP contribution in [0, 0.1) is 11.3 Å². The molecule has 1 aliphatic carbocycles. The third-order valence-electron chi connectivity index (χ3n) is 8.82. The summed E-state index contributed by atoms with van der Waals surface area (Å²) in [7, 11) is 0. The highest BCUT2D eigenvalue weighted by molar-refractivity contribution is 5.87. The van der Waals surface area contributed by atoms with E-state index in [2.05, 4.69) is 50.2 Å². The second-order valence-electron chi connectivity index (χ2n) is 12.8. The number of rotatable bonds is 16. The minimum Gasteiger partial charge on any atom is -0.488 e. The van der Waals surface area contributed by atoms with E-state index in [1.54, 1.807) is 0 Å². The van der Waals surface area contributed by atoms with E-state index >= 15 is 0 Å². The first kappa shape index (κ1) is 33.4. The highest BCUT2D eigenvalue weighted by Gasteiger charge is 2.39. The molecular formula is C40H52O4. The Morgan fingerprint density at radius 1 is 0.795 bits per heavy atom. The van der Waals surface area contributed by atoms with E-state index in [0.29, 0.717) is 25.7 Å². The summed E-state index contributed by atoms with van der Waals surface area (Å²) in [6.45, 7) is 11.7. The van der Waals surface area contributed by atoms with Gasteiger partial charge in [-0.05, 0) is 98.8 Å². The number of allylic oxidation sites excluding steroid dienone is 1. The van der Waals surface area contributed by atoms with Crippen molar-refractivity contribution in [3.8, 4) is 11.5 Å². The van der Waals surface area contributed by atoms with Crippen molar-refractivity contribution in [1.82, 2.24) is 0 Å². The SMILES string of the molecule is CCCCCCCc1cc(OCc2ccccc2)c(C2=C(C(C)(C)C(=O)OCC)CCC(C)C2)c(OCc2ccccc2)c1. The van der Waals surface area contributed by atoms with Gasteiger partial charge >= 0.3 is 5.97 Å². The maximum Gasteiger partial charge on any atom is 0.315 e. The quantitative estimate of drug-likeness (QED) is 0.122. The van der Waals surface area contributed by atoms with Crippen molar-refractivity contribution >= 4 is 11.5 Å². The van der Waals surface area contributed by atoms with Gasteiger partial charge in [-0.2, -0.15) is 0 Å². The molecule has 0 saturated heterocycles. The summed E-state index contributed by atoms with van der Waals surface area (Å²) in [6.07, 6.45) is 9.86. The van der Waals surface area contributed by atoms with Gasteiger partial charge in [-0.25, -0.2) is 0 Å². The molecule has 0 bridgehead atoms. The lowest BCUT2D eigenvalue weighted by Crippen LogP contribution is -2.31. The summed E-state index contributed by atoms with van der Waals surface area (Å²) < 4.78 is 19.1. The molecule has 1 atom stereocenters. The van der Waals surface area contributed by atoms with Crippen LogP contribution in [-0.2, 0) is 29.2 Å².